The van der Waals surface area contributed by atoms with Crippen LogP contribution in [0.3, 0.4) is 0 Å². The number of imidazole rings is 1. The lowest BCUT2D eigenvalue weighted by Crippen LogP contribution is -2.36. The number of carbonyl (C=O) groups excluding carboxylic acids is 1. The van der Waals surface area contributed by atoms with E-state index in [-0.39, 0.29) is 17.4 Å². The predicted molar refractivity (Wildman–Crippen MR) is 72.9 cm³/mol. The minimum absolute atomic E-state index is 0.0261. The van der Waals surface area contributed by atoms with E-state index in [1.165, 1.54) is 12.3 Å². The number of amides is 1. The highest BCUT2D eigenvalue weighted by Gasteiger charge is 2.17. The standard InChI is InChI=1S/C13H16FN5O/c1-9(7-19-6-5-16-8-19)18-13(20)10-3-4-17-12(15-2)11(10)14/h3-6,8-9H,7H2,1-2H3,(H,15,17)(H,18,20). The molecule has 0 radical (unpaired) electrons. The Labute approximate surface area is 116 Å². The van der Waals surface area contributed by atoms with Crippen molar-refractivity contribution in [2.75, 3.05) is 12.4 Å². The first kappa shape index (κ1) is 14.0. The number of nitrogens with zero attached hydrogens (tertiary/aromatic N) is 3. The Morgan fingerprint density at radius 1 is 1.50 bits per heavy atom. The van der Waals surface area contributed by atoms with Crippen LogP contribution in [-0.2, 0) is 6.54 Å². The Hall–Kier alpha value is -2.44. The maximum Gasteiger partial charge on any atom is 0.254 e. The summed E-state index contributed by atoms with van der Waals surface area (Å²) in [6, 6.07) is 1.21. The smallest absolute Gasteiger partial charge is 0.254 e. The van der Waals surface area contributed by atoms with Crippen LogP contribution in [0.5, 0.6) is 0 Å². The molecule has 0 aromatic carbocycles. The molecule has 0 aliphatic heterocycles. The van der Waals surface area contributed by atoms with Gasteiger partial charge in [0, 0.05) is 38.2 Å². The molecule has 0 aliphatic carbocycles. The van der Waals surface area contributed by atoms with Gasteiger partial charge in [0.05, 0.1) is 11.9 Å². The molecular weight excluding hydrogens is 261 g/mol. The lowest BCUT2D eigenvalue weighted by Gasteiger charge is -2.15. The van der Waals surface area contributed by atoms with E-state index in [4.69, 9.17) is 0 Å². The summed E-state index contributed by atoms with van der Waals surface area (Å²) in [4.78, 5) is 19.8. The maximum absolute atomic E-state index is 14.0. The number of rotatable bonds is 5. The first-order valence-electron chi connectivity index (χ1n) is 6.20. The van der Waals surface area contributed by atoms with E-state index in [2.05, 4.69) is 20.6 Å². The summed E-state index contributed by atoms with van der Waals surface area (Å²) in [5.41, 5.74) is -0.0261. The van der Waals surface area contributed by atoms with Crippen molar-refractivity contribution in [3.8, 4) is 0 Å². The number of hydrogen-bond donors (Lipinski definition) is 2. The van der Waals surface area contributed by atoms with Gasteiger partial charge in [-0.2, -0.15) is 0 Å². The second-order valence-corrected chi connectivity index (χ2v) is 4.41. The lowest BCUT2D eigenvalue weighted by atomic mass is 10.2. The topological polar surface area (TPSA) is 71.8 Å². The summed E-state index contributed by atoms with van der Waals surface area (Å²) in [6.45, 7) is 2.41. The Kier molecular flexibility index (Phi) is 4.29. The summed E-state index contributed by atoms with van der Waals surface area (Å²) in [7, 11) is 1.55. The molecule has 2 rings (SSSR count). The van der Waals surface area contributed by atoms with Crippen LogP contribution in [0.25, 0.3) is 0 Å². The largest absolute Gasteiger partial charge is 0.371 e. The second-order valence-electron chi connectivity index (χ2n) is 4.41. The molecule has 2 heterocycles. The van der Waals surface area contributed by atoms with Gasteiger partial charge in [-0.1, -0.05) is 0 Å². The number of carbonyl (C=O) groups is 1. The van der Waals surface area contributed by atoms with Crippen molar-refractivity contribution in [3.05, 3.63) is 42.4 Å². The van der Waals surface area contributed by atoms with Crippen LogP contribution in [-0.4, -0.2) is 33.5 Å². The molecule has 2 aromatic rings. The molecule has 0 fully saturated rings. The summed E-state index contributed by atoms with van der Waals surface area (Å²) < 4.78 is 15.8. The van der Waals surface area contributed by atoms with Crippen molar-refractivity contribution in [1.82, 2.24) is 19.9 Å². The third-order valence-electron chi connectivity index (χ3n) is 2.79. The zero-order valence-electron chi connectivity index (χ0n) is 11.3. The van der Waals surface area contributed by atoms with Crippen molar-refractivity contribution >= 4 is 11.7 Å². The summed E-state index contributed by atoms with van der Waals surface area (Å²) in [5, 5.41) is 5.35. The van der Waals surface area contributed by atoms with Crippen molar-refractivity contribution in [2.45, 2.75) is 19.5 Å². The number of pyridine rings is 1. The Morgan fingerprint density at radius 2 is 2.30 bits per heavy atom. The zero-order chi connectivity index (χ0) is 14.5. The van der Waals surface area contributed by atoms with Crippen LogP contribution < -0.4 is 10.6 Å². The first-order valence-corrected chi connectivity index (χ1v) is 6.20. The molecule has 0 aliphatic rings. The number of aromatic nitrogens is 3. The molecule has 20 heavy (non-hydrogen) atoms. The second kappa shape index (κ2) is 6.14. The molecule has 7 heteroatoms. The molecule has 0 saturated carbocycles. The van der Waals surface area contributed by atoms with E-state index in [0.29, 0.717) is 6.54 Å². The zero-order valence-corrected chi connectivity index (χ0v) is 11.3. The molecule has 1 unspecified atom stereocenters. The van der Waals surface area contributed by atoms with Gasteiger partial charge in [0.1, 0.15) is 0 Å². The molecule has 0 spiro atoms. The van der Waals surface area contributed by atoms with Gasteiger partial charge in [0.2, 0.25) is 0 Å². The van der Waals surface area contributed by atoms with Crippen LogP contribution in [0.4, 0.5) is 10.2 Å². The number of anilines is 1. The Balaban J connectivity index is 2.04. The fourth-order valence-electron chi connectivity index (χ4n) is 1.85. The average Bonchev–Trinajstić information content (AvgIpc) is 2.91. The highest BCUT2D eigenvalue weighted by Crippen LogP contribution is 2.14. The molecule has 2 N–H and O–H groups in total. The molecule has 0 bridgehead atoms. The summed E-state index contributed by atoms with van der Waals surface area (Å²) in [6.07, 6.45) is 6.52. The fourth-order valence-corrected chi connectivity index (χ4v) is 1.85. The third-order valence-corrected chi connectivity index (χ3v) is 2.79. The third kappa shape index (κ3) is 3.11. The minimum atomic E-state index is -0.651. The molecular formula is C13H16FN5O. The van der Waals surface area contributed by atoms with Gasteiger partial charge in [0.15, 0.2) is 11.6 Å². The van der Waals surface area contributed by atoms with Gasteiger partial charge in [-0.3, -0.25) is 4.79 Å². The quantitative estimate of drug-likeness (QED) is 0.863. The fraction of sp³-hybridized carbons (Fsp3) is 0.308. The predicted octanol–water partition coefficient (Wildman–Crippen LogP) is 1.28. The van der Waals surface area contributed by atoms with Crippen LogP contribution in [0.2, 0.25) is 0 Å². The van der Waals surface area contributed by atoms with E-state index in [0.717, 1.165) is 0 Å². The van der Waals surface area contributed by atoms with Gasteiger partial charge in [-0.15, -0.1) is 0 Å². The van der Waals surface area contributed by atoms with Crippen molar-refractivity contribution in [3.63, 3.8) is 0 Å². The van der Waals surface area contributed by atoms with Gasteiger partial charge in [-0.05, 0) is 13.0 Å². The minimum Gasteiger partial charge on any atom is -0.371 e. The van der Waals surface area contributed by atoms with E-state index in [1.807, 2.05) is 11.5 Å². The van der Waals surface area contributed by atoms with Crippen LogP contribution in [0, 0.1) is 5.82 Å². The Bertz CT molecular complexity index is 584. The average molecular weight is 277 g/mol. The van der Waals surface area contributed by atoms with Crippen LogP contribution in [0.1, 0.15) is 17.3 Å². The van der Waals surface area contributed by atoms with Crippen molar-refractivity contribution in [2.24, 2.45) is 0 Å². The number of halogens is 1. The molecule has 6 nitrogen and oxygen atoms in total. The van der Waals surface area contributed by atoms with Crippen molar-refractivity contribution in [1.29, 1.82) is 0 Å². The summed E-state index contributed by atoms with van der Waals surface area (Å²) >= 11 is 0. The van der Waals surface area contributed by atoms with Gasteiger partial charge in [-0.25, -0.2) is 14.4 Å². The van der Waals surface area contributed by atoms with E-state index >= 15 is 0 Å². The number of nitrogens with one attached hydrogen (secondary N) is 2. The molecule has 1 amide bonds. The Morgan fingerprint density at radius 3 is 2.95 bits per heavy atom. The molecule has 2 aromatic heterocycles. The molecule has 0 saturated heterocycles. The highest BCUT2D eigenvalue weighted by molar-refractivity contribution is 5.95. The normalized spacial score (nSPS) is 11.9. The van der Waals surface area contributed by atoms with Gasteiger partial charge >= 0.3 is 0 Å². The van der Waals surface area contributed by atoms with Crippen molar-refractivity contribution < 1.29 is 9.18 Å². The SMILES string of the molecule is CNc1nccc(C(=O)NC(C)Cn2ccnc2)c1F. The van der Waals surface area contributed by atoms with E-state index in [9.17, 15) is 9.18 Å². The van der Waals surface area contributed by atoms with E-state index in [1.54, 1.807) is 25.8 Å². The molecule has 106 valence electrons. The monoisotopic (exact) mass is 277 g/mol. The van der Waals surface area contributed by atoms with Gasteiger partial charge in [0.25, 0.3) is 5.91 Å². The van der Waals surface area contributed by atoms with E-state index < -0.39 is 11.7 Å². The first-order chi connectivity index (χ1) is 9.61. The molecule has 1 atom stereocenters. The lowest BCUT2D eigenvalue weighted by molar-refractivity contribution is 0.0932. The van der Waals surface area contributed by atoms with Crippen LogP contribution >= 0.6 is 0 Å². The van der Waals surface area contributed by atoms with Crippen LogP contribution in [0.15, 0.2) is 31.0 Å². The highest BCUT2D eigenvalue weighted by atomic mass is 19.1. The summed E-state index contributed by atoms with van der Waals surface area (Å²) in [5.74, 6) is -1.06. The number of hydrogen-bond acceptors (Lipinski definition) is 4. The maximum atomic E-state index is 14.0. The van der Waals surface area contributed by atoms with Gasteiger partial charge < -0.3 is 15.2 Å².